The van der Waals surface area contributed by atoms with E-state index in [1.807, 2.05) is 30.3 Å². The van der Waals surface area contributed by atoms with Gasteiger partial charge in [0.1, 0.15) is 5.69 Å². The van der Waals surface area contributed by atoms with Crippen LogP contribution in [0.4, 0.5) is 22.7 Å². The standard InChI is InChI=1S/C17H10Cl2N4/c18-10-4-5-14(12(19)8-10)23-22-13-6-7-16-17-11(13)2-1-3-15(17)20-9-21-16/h1-9H,(H,20,21). The molecular formula is C17H10Cl2N4. The fraction of sp³-hybridized carbons (Fsp3) is 0. The van der Waals surface area contributed by atoms with E-state index in [0.29, 0.717) is 15.7 Å². The third-order valence-electron chi connectivity index (χ3n) is 3.59. The van der Waals surface area contributed by atoms with Gasteiger partial charge in [-0.1, -0.05) is 35.3 Å². The normalized spacial score (nSPS) is 12.8. The van der Waals surface area contributed by atoms with E-state index in [-0.39, 0.29) is 0 Å². The average Bonchev–Trinajstić information content (AvgIpc) is 2.56. The molecule has 4 rings (SSSR count). The van der Waals surface area contributed by atoms with E-state index < -0.39 is 0 Å². The van der Waals surface area contributed by atoms with Crippen LogP contribution in [-0.4, -0.2) is 6.34 Å². The summed E-state index contributed by atoms with van der Waals surface area (Å²) in [5.74, 6) is 0. The summed E-state index contributed by atoms with van der Waals surface area (Å²) in [6.07, 6.45) is 1.69. The minimum absolute atomic E-state index is 0.468. The van der Waals surface area contributed by atoms with Gasteiger partial charge in [-0.15, -0.1) is 10.2 Å². The van der Waals surface area contributed by atoms with E-state index in [1.165, 1.54) is 0 Å². The summed E-state index contributed by atoms with van der Waals surface area (Å²) in [4.78, 5) is 4.35. The highest BCUT2D eigenvalue weighted by Gasteiger charge is 2.12. The van der Waals surface area contributed by atoms with Crippen LogP contribution < -0.4 is 5.32 Å². The second-order valence-corrected chi connectivity index (χ2v) is 5.87. The van der Waals surface area contributed by atoms with Gasteiger partial charge in [0.25, 0.3) is 0 Å². The van der Waals surface area contributed by atoms with Gasteiger partial charge in [-0.2, -0.15) is 0 Å². The van der Waals surface area contributed by atoms with Crippen LogP contribution in [0.25, 0.3) is 10.8 Å². The monoisotopic (exact) mass is 340 g/mol. The minimum atomic E-state index is 0.468. The molecule has 0 radical (unpaired) electrons. The van der Waals surface area contributed by atoms with Gasteiger partial charge in [0, 0.05) is 21.5 Å². The van der Waals surface area contributed by atoms with Gasteiger partial charge in [0.2, 0.25) is 0 Å². The SMILES string of the molecule is Clc1ccc(N=Nc2ccc3c4c(cccc24)NC=N3)c(Cl)c1. The molecule has 3 aromatic rings. The van der Waals surface area contributed by atoms with Crippen molar-refractivity contribution in [3.8, 4) is 0 Å². The number of aliphatic imine (C=N–C) groups is 1. The predicted molar refractivity (Wildman–Crippen MR) is 96.4 cm³/mol. The van der Waals surface area contributed by atoms with Crippen molar-refractivity contribution in [3.63, 3.8) is 0 Å². The number of nitrogens with zero attached hydrogens (tertiary/aromatic N) is 3. The number of anilines is 1. The molecule has 0 aliphatic carbocycles. The van der Waals surface area contributed by atoms with Crippen LogP contribution in [-0.2, 0) is 0 Å². The van der Waals surface area contributed by atoms with Gasteiger partial charge in [-0.3, -0.25) is 0 Å². The maximum Gasteiger partial charge on any atom is 0.104 e. The van der Waals surface area contributed by atoms with Crippen LogP contribution in [0.3, 0.4) is 0 Å². The van der Waals surface area contributed by atoms with E-state index in [1.54, 1.807) is 24.5 Å². The summed E-state index contributed by atoms with van der Waals surface area (Å²) in [6.45, 7) is 0. The maximum absolute atomic E-state index is 6.13. The highest BCUT2D eigenvalue weighted by molar-refractivity contribution is 6.36. The van der Waals surface area contributed by atoms with Crippen LogP contribution in [0.2, 0.25) is 10.0 Å². The van der Waals surface area contributed by atoms with Crippen molar-refractivity contribution in [1.29, 1.82) is 0 Å². The van der Waals surface area contributed by atoms with E-state index >= 15 is 0 Å². The number of nitrogens with one attached hydrogen (secondary N) is 1. The second kappa shape index (κ2) is 5.65. The van der Waals surface area contributed by atoms with Gasteiger partial charge in [-0.25, -0.2) is 4.99 Å². The van der Waals surface area contributed by atoms with Crippen molar-refractivity contribution in [1.82, 2.24) is 0 Å². The molecule has 1 N–H and O–H groups in total. The number of hydrogen-bond donors (Lipinski definition) is 1. The van der Waals surface area contributed by atoms with E-state index in [9.17, 15) is 0 Å². The lowest BCUT2D eigenvalue weighted by atomic mass is 10.0. The van der Waals surface area contributed by atoms with Crippen molar-refractivity contribution >= 4 is 63.1 Å². The third kappa shape index (κ3) is 2.56. The quantitative estimate of drug-likeness (QED) is 0.521. The number of azo groups is 1. The van der Waals surface area contributed by atoms with Gasteiger partial charge in [0.05, 0.1) is 22.7 Å². The molecule has 3 aromatic carbocycles. The Labute approximate surface area is 142 Å². The molecule has 4 nitrogen and oxygen atoms in total. The summed E-state index contributed by atoms with van der Waals surface area (Å²) in [6, 6.07) is 14.9. The topological polar surface area (TPSA) is 49.1 Å². The largest absolute Gasteiger partial charge is 0.346 e. The first-order valence-electron chi connectivity index (χ1n) is 6.94. The Morgan fingerprint density at radius 2 is 1.74 bits per heavy atom. The smallest absolute Gasteiger partial charge is 0.104 e. The molecule has 0 aromatic heterocycles. The Kier molecular flexibility index (Phi) is 3.48. The highest BCUT2D eigenvalue weighted by Crippen LogP contribution is 2.40. The van der Waals surface area contributed by atoms with Gasteiger partial charge in [0.15, 0.2) is 0 Å². The average molecular weight is 341 g/mol. The molecule has 0 saturated heterocycles. The fourth-order valence-corrected chi connectivity index (χ4v) is 2.98. The lowest BCUT2D eigenvalue weighted by molar-refractivity contribution is 1.24. The molecule has 1 heterocycles. The number of benzene rings is 3. The molecule has 0 unspecified atom stereocenters. The third-order valence-corrected chi connectivity index (χ3v) is 4.13. The van der Waals surface area contributed by atoms with Crippen molar-refractivity contribution in [2.45, 2.75) is 0 Å². The molecule has 0 bridgehead atoms. The summed E-state index contributed by atoms with van der Waals surface area (Å²) < 4.78 is 0. The van der Waals surface area contributed by atoms with Gasteiger partial charge >= 0.3 is 0 Å². The summed E-state index contributed by atoms with van der Waals surface area (Å²) in [5.41, 5.74) is 3.26. The van der Waals surface area contributed by atoms with E-state index in [0.717, 1.165) is 27.8 Å². The fourth-order valence-electron chi connectivity index (χ4n) is 2.53. The first-order chi connectivity index (χ1) is 11.2. The molecule has 0 saturated carbocycles. The Morgan fingerprint density at radius 3 is 2.61 bits per heavy atom. The van der Waals surface area contributed by atoms with Crippen LogP contribution >= 0.6 is 23.2 Å². The molecule has 112 valence electrons. The summed E-state index contributed by atoms with van der Waals surface area (Å²) in [5, 5.41) is 14.8. The molecule has 1 aliphatic rings. The molecule has 23 heavy (non-hydrogen) atoms. The Bertz CT molecular complexity index is 980. The van der Waals surface area contributed by atoms with Gasteiger partial charge < -0.3 is 5.32 Å². The maximum atomic E-state index is 6.13. The number of hydrogen-bond acceptors (Lipinski definition) is 4. The van der Waals surface area contributed by atoms with E-state index in [4.69, 9.17) is 23.2 Å². The van der Waals surface area contributed by atoms with Crippen molar-refractivity contribution in [2.75, 3.05) is 5.32 Å². The zero-order valence-corrected chi connectivity index (χ0v) is 13.3. The van der Waals surface area contributed by atoms with Crippen molar-refractivity contribution in [3.05, 3.63) is 58.6 Å². The Morgan fingerprint density at radius 1 is 0.913 bits per heavy atom. The lowest BCUT2D eigenvalue weighted by Crippen LogP contribution is -1.99. The van der Waals surface area contributed by atoms with Crippen LogP contribution in [0, 0.1) is 0 Å². The van der Waals surface area contributed by atoms with Crippen molar-refractivity contribution < 1.29 is 0 Å². The number of rotatable bonds is 2. The molecule has 0 spiro atoms. The lowest BCUT2D eigenvalue weighted by Gasteiger charge is -2.13. The molecule has 6 heteroatoms. The minimum Gasteiger partial charge on any atom is -0.346 e. The molecule has 0 fully saturated rings. The van der Waals surface area contributed by atoms with Crippen LogP contribution in [0.15, 0.2) is 63.8 Å². The zero-order valence-electron chi connectivity index (χ0n) is 11.8. The Hall–Kier alpha value is -2.43. The second-order valence-electron chi connectivity index (χ2n) is 5.03. The zero-order chi connectivity index (χ0) is 15.8. The molecule has 1 aliphatic heterocycles. The molecular weight excluding hydrogens is 331 g/mol. The van der Waals surface area contributed by atoms with E-state index in [2.05, 4.69) is 20.5 Å². The highest BCUT2D eigenvalue weighted by atomic mass is 35.5. The van der Waals surface area contributed by atoms with Crippen molar-refractivity contribution in [2.24, 2.45) is 15.2 Å². The first kappa shape index (κ1) is 14.2. The van der Waals surface area contributed by atoms with Gasteiger partial charge in [-0.05, 0) is 36.4 Å². The van der Waals surface area contributed by atoms with Crippen LogP contribution in [0.1, 0.15) is 0 Å². The van der Waals surface area contributed by atoms with Crippen LogP contribution in [0.5, 0.6) is 0 Å². The predicted octanol–water partition coefficient (Wildman–Crippen LogP) is 6.65. The molecule has 0 amide bonds. The number of halogens is 2. The first-order valence-corrected chi connectivity index (χ1v) is 7.69. The Balaban J connectivity index is 1.83. The summed E-state index contributed by atoms with van der Waals surface area (Å²) >= 11 is 12.0. The molecule has 0 atom stereocenters. The summed E-state index contributed by atoms with van der Waals surface area (Å²) in [7, 11) is 0.